The first-order valence-electron chi connectivity index (χ1n) is 8.01. The lowest BCUT2D eigenvalue weighted by Gasteiger charge is -2.30. The molecular formula is C18H25NO3. The minimum atomic E-state index is -0.147. The summed E-state index contributed by atoms with van der Waals surface area (Å²) in [7, 11) is 1.42. The van der Waals surface area contributed by atoms with E-state index in [0.29, 0.717) is 19.5 Å². The van der Waals surface area contributed by atoms with Gasteiger partial charge in [0.2, 0.25) is 5.91 Å². The molecule has 22 heavy (non-hydrogen) atoms. The van der Waals surface area contributed by atoms with Crippen molar-refractivity contribution in [2.24, 2.45) is 5.92 Å². The second kappa shape index (κ2) is 7.97. The van der Waals surface area contributed by atoms with E-state index in [4.69, 9.17) is 4.74 Å². The third kappa shape index (κ3) is 4.58. The molecule has 1 heterocycles. The molecule has 0 atom stereocenters. The second-order valence-electron chi connectivity index (χ2n) is 6.02. The fraction of sp³-hybridized carbons (Fsp3) is 0.556. The molecule has 0 bridgehead atoms. The topological polar surface area (TPSA) is 46.6 Å². The van der Waals surface area contributed by atoms with Crippen LogP contribution < -0.4 is 0 Å². The highest BCUT2D eigenvalue weighted by molar-refractivity contribution is 5.77. The van der Waals surface area contributed by atoms with Gasteiger partial charge in [-0.25, -0.2) is 0 Å². The number of hydrogen-bond donors (Lipinski definition) is 0. The number of hydrogen-bond acceptors (Lipinski definition) is 3. The maximum Gasteiger partial charge on any atom is 0.308 e. The molecule has 0 unspecified atom stereocenters. The van der Waals surface area contributed by atoms with Gasteiger partial charge in [0.25, 0.3) is 0 Å². The Hall–Kier alpha value is -1.84. The number of methoxy groups -OCH3 is 1. The monoisotopic (exact) mass is 303 g/mol. The number of esters is 1. The minimum Gasteiger partial charge on any atom is -0.469 e. The maximum absolute atomic E-state index is 12.2. The van der Waals surface area contributed by atoms with Crippen molar-refractivity contribution in [3.63, 3.8) is 0 Å². The normalized spacial score (nSPS) is 15.6. The van der Waals surface area contributed by atoms with Gasteiger partial charge in [0.1, 0.15) is 0 Å². The summed E-state index contributed by atoms with van der Waals surface area (Å²) in [5, 5.41) is 0. The lowest BCUT2D eigenvalue weighted by molar-refractivity contribution is -0.148. The lowest BCUT2D eigenvalue weighted by Crippen LogP contribution is -2.40. The zero-order chi connectivity index (χ0) is 15.9. The predicted octanol–water partition coefficient (Wildman–Crippen LogP) is 2.73. The lowest BCUT2D eigenvalue weighted by atomic mass is 9.96. The van der Waals surface area contributed by atoms with Crippen LogP contribution in [-0.4, -0.2) is 37.0 Å². The van der Waals surface area contributed by atoms with E-state index in [1.807, 2.05) is 4.90 Å². The predicted molar refractivity (Wildman–Crippen MR) is 85.4 cm³/mol. The Morgan fingerprint density at radius 3 is 2.41 bits per heavy atom. The van der Waals surface area contributed by atoms with Crippen LogP contribution in [0.25, 0.3) is 0 Å². The highest BCUT2D eigenvalue weighted by atomic mass is 16.5. The largest absolute Gasteiger partial charge is 0.469 e. The van der Waals surface area contributed by atoms with E-state index >= 15 is 0 Å². The Morgan fingerprint density at radius 1 is 1.18 bits per heavy atom. The Balaban J connectivity index is 1.70. The molecule has 1 aromatic carbocycles. The van der Waals surface area contributed by atoms with Gasteiger partial charge in [-0.15, -0.1) is 0 Å². The molecule has 4 nitrogen and oxygen atoms in total. The molecule has 0 N–H and O–H groups in total. The standard InChI is InChI=1S/C18H25NO3/c1-14-6-8-15(9-7-14)4-3-5-17(20)19-12-10-16(11-13-19)18(21)22-2/h6-9,16H,3-5,10-13H2,1-2H3. The van der Waals surface area contributed by atoms with Crippen molar-refractivity contribution in [1.29, 1.82) is 0 Å². The van der Waals surface area contributed by atoms with Gasteiger partial charge in [0.15, 0.2) is 0 Å². The fourth-order valence-corrected chi connectivity index (χ4v) is 2.89. The van der Waals surface area contributed by atoms with Crippen molar-refractivity contribution in [3.05, 3.63) is 35.4 Å². The molecule has 0 spiro atoms. The van der Waals surface area contributed by atoms with Crippen molar-refractivity contribution in [2.75, 3.05) is 20.2 Å². The van der Waals surface area contributed by atoms with Gasteiger partial charge in [-0.1, -0.05) is 29.8 Å². The molecular weight excluding hydrogens is 278 g/mol. The first-order chi connectivity index (χ1) is 10.6. The van der Waals surface area contributed by atoms with Crippen molar-refractivity contribution in [1.82, 2.24) is 4.90 Å². The summed E-state index contributed by atoms with van der Waals surface area (Å²) in [5.41, 5.74) is 2.54. The number of likely N-dealkylation sites (tertiary alicyclic amines) is 1. The van der Waals surface area contributed by atoms with Crippen LogP contribution in [0.4, 0.5) is 0 Å². The SMILES string of the molecule is COC(=O)C1CCN(C(=O)CCCc2ccc(C)cc2)CC1. The average Bonchev–Trinajstić information content (AvgIpc) is 2.56. The molecule has 1 fully saturated rings. The number of carbonyl (C=O) groups is 2. The summed E-state index contributed by atoms with van der Waals surface area (Å²) in [6.07, 6.45) is 3.83. The Bertz CT molecular complexity index is 502. The van der Waals surface area contributed by atoms with Crippen LogP contribution in [0.2, 0.25) is 0 Å². The molecule has 1 aliphatic heterocycles. The van der Waals surface area contributed by atoms with Crippen LogP contribution in [-0.2, 0) is 20.7 Å². The zero-order valence-corrected chi connectivity index (χ0v) is 13.5. The number of benzene rings is 1. The number of aryl methyl sites for hydroxylation is 2. The van der Waals surface area contributed by atoms with Crippen LogP contribution in [0.1, 0.15) is 36.8 Å². The molecule has 0 radical (unpaired) electrons. The van der Waals surface area contributed by atoms with Crippen molar-refractivity contribution in [3.8, 4) is 0 Å². The van der Waals surface area contributed by atoms with Gasteiger partial charge < -0.3 is 9.64 Å². The van der Waals surface area contributed by atoms with E-state index < -0.39 is 0 Å². The smallest absolute Gasteiger partial charge is 0.308 e. The number of piperidine rings is 1. The average molecular weight is 303 g/mol. The first-order valence-corrected chi connectivity index (χ1v) is 8.01. The Morgan fingerprint density at radius 2 is 1.82 bits per heavy atom. The second-order valence-corrected chi connectivity index (χ2v) is 6.02. The van der Waals surface area contributed by atoms with Gasteiger partial charge in [0.05, 0.1) is 13.0 Å². The highest BCUT2D eigenvalue weighted by Gasteiger charge is 2.27. The quantitative estimate of drug-likeness (QED) is 0.786. The summed E-state index contributed by atoms with van der Waals surface area (Å²) in [6, 6.07) is 8.47. The van der Waals surface area contributed by atoms with Crippen molar-refractivity contribution < 1.29 is 14.3 Å². The Kier molecular flexibility index (Phi) is 5.99. The van der Waals surface area contributed by atoms with Crippen LogP contribution in [0.5, 0.6) is 0 Å². The van der Waals surface area contributed by atoms with Crippen LogP contribution >= 0.6 is 0 Å². The van der Waals surface area contributed by atoms with Gasteiger partial charge in [-0.05, 0) is 38.2 Å². The van der Waals surface area contributed by atoms with E-state index in [0.717, 1.165) is 25.7 Å². The molecule has 2 rings (SSSR count). The summed E-state index contributed by atoms with van der Waals surface area (Å²) >= 11 is 0. The number of amides is 1. The molecule has 1 amide bonds. The summed E-state index contributed by atoms with van der Waals surface area (Å²) in [6.45, 7) is 3.41. The summed E-state index contributed by atoms with van der Waals surface area (Å²) in [4.78, 5) is 25.6. The van der Waals surface area contributed by atoms with Gasteiger partial charge >= 0.3 is 5.97 Å². The number of nitrogens with zero attached hydrogens (tertiary/aromatic N) is 1. The molecule has 1 saturated heterocycles. The van der Waals surface area contributed by atoms with E-state index in [1.54, 1.807) is 0 Å². The Labute approximate surface area is 132 Å². The number of carbonyl (C=O) groups excluding carboxylic acids is 2. The van der Waals surface area contributed by atoms with Crippen molar-refractivity contribution in [2.45, 2.75) is 39.0 Å². The van der Waals surface area contributed by atoms with E-state index in [2.05, 4.69) is 31.2 Å². The molecule has 4 heteroatoms. The number of rotatable bonds is 5. The molecule has 120 valence electrons. The highest BCUT2D eigenvalue weighted by Crippen LogP contribution is 2.19. The van der Waals surface area contributed by atoms with E-state index in [-0.39, 0.29) is 17.8 Å². The number of ether oxygens (including phenoxy) is 1. The molecule has 0 aromatic heterocycles. The summed E-state index contributed by atoms with van der Waals surface area (Å²) < 4.78 is 4.77. The minimum absolute atomic E-state index is 0.0402. The third-order valence-corrected chi connectivity index (χ3v) is 4.36. The zero-order valence-electron chi connectivity index (χ0n) is 13.5. The van der Waals surface area contributed by atoms with E-state index in [1.165, 1.54) is 18.2 Å². The van der Waals surface area contributed by atoms with Crippen molar-refractivity contribution >= 4 is 11.9 Å². The van der Waals surface area contributed by atoms with Gasteiger partial charge in [0, 0.05) is 19.5 Å². The molecule has 0 aliphatic carbocycles. The first kappa shape index (κ1) is 16.5. The summed E-state index contributed by atoms with van der Waals surface area (Å²) in [5.74, 6) is 0.0171. The van der Waals surface area contributed by atoms with Gasteiger partial charge in [-0.2, -0.15) is 0 Å². The van der Waals surface area contributed by atoms with Crippen LogP contribution in [0, 0.1) is 12.8 Å². The van der Waals surface area contributed by atoms with Crippen LogP contribution in [0.3, 0.4) is 0 Å². The maximum atomic E-state index is 12.2. The fourth-order valence-electron chi connectivity index (χ4n) is 2.89. The molecule has 0 saturated carbocycles. The molecule has 1 aromatic rings. The molecule has 1 aliphatic rings. The van der Waals surface area contributed by atoms with Crippen LogP contribution in [0.15, 0.2) is 24.3 Å². The third-order valence-electron chi connectivity index (χ3n) is 4.36. The van der Waals surface area contributed by atoms with E-state index in [9.17, 15) is 9.59 Å². The van der Waals surface area contributed by atoms with Gasteiger partial charge in [-0.3, -0.25) is 9.59 Å².